The molecule has 0 fully saturated rings. The highest BCUT2D eigenvalue weighted by Crippen LogP contribution is 2.21. The highest BCUT2D eigenvalue weighted by atomic mass is 15.3. The maximum atomic E-state index is 4.71. The van der Waals surface area contributed by atoms with Crippen LogP contribution in [0.25, 0.3) is 10.9 Å². The first-order valence-corrected chi connectivity index (χ1v) is 8.20. The van der Waals surface area contributed by atoms with Gasteiger partial charge in [0.05, 0.1) is 16.9 Å². The van der Waals surface area contributed by atoms with E-state index in [9.17, 15) is 0 Å². The largest absolute Gasteiger partial charge is 0.276 e. The number of aromatic nitrogens is 1. The van der Waals surface area contributed by atoms with Crippen LogP contribution in [0.5, 0.6) is 0 Å². The molecule has 0 aliphatic rings. The van der Waals surface area contributed by atoms with Gasteiger partial charge in [0, 0.05) is 22.7 Å². The Morgan fingerprint density at radius 3 is 2.00 bits per heavy atom. The molecule has 1 heterocycles. The molecule has 0 saturated carbocycles. The van der Waals surface area contributed by atoms with Crippen molar-refractivity contribution < 1.29 is 0 Å². The lowest BCUT2D eigenvalue weighted by atomic mass is 10.0. The van der Waals surface area contributed by atoms with Crippen LogP contribution in [0.1, 0.15) is 11.1 Å². The molecule has 0 atom stereocenters. The number of benzene rings is 3. The second kappa shape index (κ2) is 6.97. The number of nitrogens with one attached hydrogen (secondary N) is 1. The molecule has 0 spiro atoms. The van der Waals surface area contributed by atoms with Gasteiger partial charge in [0.15, 0.2) is 0 Å². The predicted molar refractivity (Wildman–Crippen MR) is 104 cm³/mol. The summed E-state index contributed by atoms with van der Waals surface area (Å²) in [5.74, 6) is 0. The smallest absolute Gasteiger partial charge is 0.0977 e. The van der Waals surface area contributed by atoms with Crippen molar-refractivity contribution in [3.05, 3.63) is 108 Å². The standard InChI is InChI=1S/C22H17N3/c1-3-9-17(10-4-1)21(18-11-5-2-6-12-18)25-24-20-15-7-13-19-14-8-16-23-22(19)20/h1-16,24H. The zero-order valence-corrected chi connectivity index (χ0v) is 13.6. The summed E-state index contributed by atoms with van der Waals surface area (Å²) >= 11 is 0. The van der Waals surface area contributed by atoms with Gasteiger partial charge < -0.3 is 0 Å². The lowest BCUT2D eigenvalue weighted by Gasteiger charge is -2.09. The summed E-state index contributed by atoms with van der Waals surface area (Å²) in [7, 11) is 0. The third-order valence-corrected chi connectivity index (χ3v) is 4.02. The van der Waals surface area contributed by atoms with Gasteiger partial charge in [0.1, 0.15) is 0 Å². The monoisotopic (exact) mass is 323 g/mol. The Kier molecular flexibility index (Phi) is 4.21. The molecule has 1 N–H and O–H groups in total. The van der Waals surface area contributed by atoms with Crippen molar-refractivity contribution in [3.8, 4) is 0 Å². The van der Waals surface area contributed by atoms with E-state index in [1.807, 2.05) is 66.7 Å². The molecule has 0 unspecified atom stereocenters. The Morgan fingerprint density at radius 2 is 1.32 bits per heavy atom. The maximum absolute atomic E-state index is 4.71. The summed E-state index contributed by atoms with van der Waals surface area (Å²) in [6, 6.07) is 30.4. The van der Waals surface area contributed by atoms with Crippen LogP contribution in [0.4, 0.5) is 5.69 Å². The minimum absolute atomic E-state index is 0.891. The third kappa shape index (κ3) is 3.26. The van der Waals surface area contributed by atoms with Crippen molar-refractivity contribution in [1.82, 2.24) is 4.98 Å². The Labute approximate surface area is 146 Å². The Morgan fingerprint density at radius 1 is 0.680 bits per heavy atom. The number of para-hydroxylation sites is 1. The van der Waals surface area contributed by atoms with Gasteiger partial charge >= 0.3 is 0 Å². The Balaban J connectivity index is 1.77. The van der Waals surface area contributed by atoms with E-state index in [4.69, 9.17) is 5.10 Å². The van der Waals surface area contributed by atoms with Crippen LogP contribution >= 0.6 is 0 Å². The summed E-state index contributed by atoms with van der Waals surface area (Å²) < 4.78 is 0. The molecule has 0 bridgehead atoms. The normalized spacial score (nSPS) is 10.4. The number of pyridine rings is 1. The first-order chi connectivity index (χ1) is 12.4. The van der Waals surface area contributed by atoms with E-state index in [2.05, 4.69) is 34.7 Å². The van der Waals surface area contributed by atoms with E-state index in [1.165, 1.54) is 0 Å². The number of hydrazone groups is 1. The highest BCUT2D eigenvalue weighted by molar-refractivity contribution is 6.13. The number of nitrogens with zero attached hydrogens (tertiary/aromatic N) is 2. The van der Waals surface area contributed by atoms with Gasteiger partial charge in [0.2, 0.25) is 0 Å². The van der Waals surface area contributed by atoms with E-state index < -0.39 is 0 Å². The molecule has 0 saturated heterocycles. The molecule has 4 rings (SSSR count). The molecular weight excluding hydrogens is 306 g/mol. The van der Waals surface area contributed by atoms with Gasteiger partial charge in [-0.3, -0.25) is 10.4 Å². The molecule has 0 aliphatic heterocycles. The number of anilines is 1. The van der Waals surface area contributed by atoms with E-state index in [1.54, 1.807) is 6.20 Å². The molecule has 1 aromatic heterocycles. The molecule has 0 amide bonds. The van der Waals surface area contributed by atoms with Crippen LogP contribution in [0.2, 0.25) is 0 Å². The van der Waals surface area contributed by atoms with Gasteiger partial charge in [-0.15, -0.1) is 0 Å². The van der Waals surface area contributed by atoms with Crippen LogP contribution < -0.4 is 5.43 Å². The van der Waals surface area contributed by atoms with Gasteiger partial charge in [-0.25, -0.2) is 0 Å². The molecule has 4 aromatic rings. The summed E-state index contributed by atoms with van der Waals surface area (Å²) in [5, 5.41) is 5.80. The van der Waals surface area contributed by atoms with E-state index in [-0.39, 0.29) is 0 Å². The maximum Gasteiger partial charge on any atom is 0.0977 e. The van der Waals surface area contributed by atoms with Gasteiger partial charge in [-0.1, -0.05) is 78.9 Å². The number of rotatable bonds is 4. The fourth-order valence-corrected chi connectivity index (χ4v) is 2.80. The van der Waals surface area contributed by atoms with Crippen LogP contribution in [-0.4, -0.2) is 10.7 Å². The molecule has 25 heavy (non-hydrogen) atoms. The second-order valence-corrected chi connectivity index (χ2v) is 5.68. The predicted octanol–water partition coefficient (Wildman–Crippen LogP) is 5.10. The number of hydrogen-bond donors (Lipinski definition) is 1. The summed E-state index contributed by atoms with van der Waals surface area (Å²) in [6.07, 6.45) is 1.80. The average molecular weight is 323 g/mol. The Hall–Kier alpha value is -3.46. The fraction of sp³-hybridized carbons (Fsp3) is 0. The average Bonchev–Trinajstić information content (AvgIpc) is 2.70. The molecular formula is C22H17N3. The molecule has 3 nitrogen and oxygen atoms in total. The highest BCUT2D eigenvalue weighted by Gasteiger charge is 2.07. The Bertz CT molecular complexity index is 962. The molecule has 3 heteroatoms. The number of hydrogen-bond acceptors (Lipinski definition) is 3. The minimum Gasteiger partial charge on any atom is -0.276 e. The van der Waals surface area contributed by atoms with Crippen LogP contribution in [-0.2, 0) is 0 Å². The van der Waals surface area contributed by atoms with Crippen LogP contribution in [0.3, 0.4) is 0 Å². The first kappa shape index (κ1) is 15.1. The van der Waals surface area contributed by atoms with Crippen molar-refractivity contribution in [2.75, 3.05) is 5.43 Å². The van der Waals surface area contributed by atoms with Crippen molar-refractivity contribution in [1.29, 1.82) is 0 Å². The SMILES string of the molecule is c1ccc(C(=NNc2cccc3cccnc23)c2ccccc2)cc1. The molecule has 0 radical (unpaired) electrons. The van der Waals surface area contributed by atoms with Crippen LogP contribution in [0.15, 0.2) is 102 Å². The van der Waals surface area contributed by atoms with E-state index in [0.29, 0.717) is 0 Å². The van der Waals surface area contributed by atoms with E-state index >= 15 is 0 Å². The van der Waals surface area contributed by atoms with Crippen molar-refractivity contribution in [2.45, 2.75) is 0 Å². The molecule has 120 valence electrons. The lowest BCUT2D eigenvalue weighted by molar-refractivity contribution is 1.31. The van der Waals surface area contributed by atoms with E-state index in [0.717, 1.165) is 33.4 Å². The van der Waals surface area contributed by atoms with Crippen molar-refractivity contribution >= 4 is 22.3 Å². The van der Waals surface area contributed by atoms with Gasteiger partial charge in [0.25, 0.3) is 0 Å². The zero-order chi connectivity index (χ0) is 16.9. The zero-order valence-electron chi connectivity index (χ0n) is 13.6. The number of fused-ring (bicyclic) bond motifs is 1. The lowest BCUT2D eigenvalue weighted by Crippen LogP contribution is -2.06. The summed E-state index contributed by atoms with van der Waals surface area (Å²) in [5.41, 5.74) is 8.04. The third-order valence-electron chi connectivity index (χ3n) is 4.02. The minimum atomic E-state index is 0.891. The molecule has 3 aromatic carbocycles. The fourth-order valence-electron chi connectivity index (χ4n) is 2.80. The quantitative estimate of drug-likeness (QED) is 0.419. The summed E-state index contributed by atoms with van der Waals surface area (Å²) in [6.45, 7) is 0. The molecule has 0 aliphatic carbocycles. The topological polar surface area (TPSA) is 37.3 Å². The van der Waals surface area contributed by atoms with Crippen LogP contribution in [0, 0.1) is 0 Å². The van der Waals surface area contributed by atoms with Crippen molar-refractivity contribution in [3.63, 3.8) is 0 Å². The van der Waals surface area contributed by atoms with Gasteiger partial charge in [-0.2, -0.15) is 5.10 Å². The first-order valence-electron chi connectivity index (χ1n) is 8.20. The van der Waals surface area contributed by atoms with Gasteiger partial charge in [-0.05, 0) is 12.1 Å². The second-order valence-electron chi connectivity index (χ2n) is 5.68. The van der Waals surface area contributed by atoms with Crippen molar-refractivity contribution in [2.24, 2.45) is 5.10 Å². The summed E-state index contributed by atoms with van der Waals surface area (Å²) in [4.78, 5) is 4.47.